The van der Waals surface area contributed by atoms with Gasteiger partial charge in [-0.1, -0.05) is 17.7 Å². The molecule has 0 N–H and O–H groups in total. The van der Waals surface area contributed by atoms with E-state index in [9.17, 15) is 13.2 Å². The van der Waals surface area contributed by atoms with Crippen molar-refractivity contribution in [2.24, 2.45) is 0 Å². The molecule has 0 amide bonds. The minimum atomic E-state index is -4.28. The van der Waals surface area contributed by atoms with E-state index in [-0.39, 0.29) is 5.69 Å². The fraction of sp³-hybridized carbons (Fsp3) is 0.211. The van der Waals surface area contributed by atoms with Crippen LogP contribution in [0, 0.1) is 20.8 Å². The predicted octanol–water partition coefficient (Wildman–Crippen LogP) is 6.60. The molecule has 3 nitrogen and oxygen atoms in total. The lowest BCUT2D eigenvalue weighted by atomic mass is 10.2. The number of aryl methyl sites for hydroxylation is 3. The third-order valence-electron chi connectivity index (χ3n) is 3.20. The zero-order valence-electron chi connectivity index (χ0n) is 14.9. The van der Waals surface area contributed by atoms with Gasteiger partial charge in [-0.2, -0.15) is 13.2 Å². The summed E-state index contributed by atoms with van der Waals surface area (Å²) in [6.07, 6.45) is 0.543. The Bertz CT molecular complexity index is 772. The van der Waals surface area contributed by atoms with Gasteiger partial charge in [-0.05, 0) is 72.6 Å². The Kier molecular flexibility index (Phi) is 9.38. The molecule has 3 aromatic rings. The Morgan fingerprint density at radius 1 is 0.815 bits per heavy atom. The summed E-state index contributed by atoms with van der Waals surface area (Å²) < 4.78 is 37.0. The van der Waals surface area contributed by atoms with Gasteiger partial charge in [-0.3, -0.25) is 9.97 Å². The minimum absolute atomic E-state index is 0.0139. The van der Waals surface area contributed by atoms with E-state index in [4.69, 9.17) is 11.6 Å². The van der Waals surface area contributed by atoms with Crippen LogP contribution >= 0.6 is 27.5 Å². The summed E-state index contributed by atoms with van der Waals surface area (Å²) in [5.74, 6) is 0. The highest BCUT2D eigenvalue weighted by Crippen LogP contribution is 2.30. The van der Waals surface area contributed by atoms with Crippen molar-refractivity contribution in [3.8, 4) is 0 Å². The van der Waals surface area contributed by atoms with E-state index >= 15 is 0 Å². The van der Waals surface area contributed by atoms with Gasteiger partial charge < -0.3 is 0 Å². The van der Waals surface area contributed by atoms with Crippen LogP contribution in [0.3, 0.4) is 0 Å². The third-order valence-corrected chi connectivity index (χ3v) is 4.43. The second-order valence-corrected chi connectivity index (χ2v) is 6.47. The first-order valence-electron chi connectivity index (χ1n) is 7.76. The maximum absolute atomic E-state index is 12.0. The first-order valence-corrected chi connectivity index (χ1v) is 8.93. The van der Waals surface area contributed by atoms with E-state index in [0.29, 0.717) is 0 Å². The van der Waals surface area contributed by atoms with Crippen molar-refractivity contribution >= 4 is 27.5 Å². The van der Waals surface area contributed by atoms with Crippen molar-refractivity contribution in [2.45, 2.75) is 26.9 Å². The molecular weight excluding hydrogens is 443 g/mol. The summed E-state index contributed by atoms with van der Waals surface area (Å²) >= 11 is 8.93. The van der Waals surface area contributed by atoms with Crippen LogP contribution < -0.4 is 0 Å². The summed E-state index contributed by atoms with van der Waals surface area (Å²) in [6, 6.07) is 9.86. The van der Waals surface area contributed by atoms with Crippen LogP contribution in [0.4, 0.5) is 13.2 Å². The lowest BCUT2D eigenvalue weighted by molar-refractivity contribution is -0.138. The predicted molar refractivity (Wildman–Crippen MR) is 105 cm³/mol. The van der Waals surface area contributed by atoms with Crippen LogP contribution in [0.1, 0.15) is 22.5 Å². The molecule has 3 aromatic heterocycles. The van der Waals surface area contributed by atoms with Gasteiger partial charge in [0.15, 0.2) is 0 Å². The zero-order chi connectivity index (χ0) is 20.4. The Balaban J connectivity index is 0.000000206. The number of hydrogen-bond donors (Lipinski definition) is 0. The average Bonchev–Trinajstić information content (AvgIpc) is 2.61. The van der Waals surface area contributed by atoms with Crippen molar-refractivity contribution in [1.82, 2.24) is 15.0 Å². The minimum Gasteiger partial charge on any atom is -0.261 e. The number of pyridine rings is 3. The molecule has 0 atom stereocenters. The maximum atomic E-state index is 12.0. The van der Waals surface area contributed by atoms with E-state index in [1.165, 1.54) is 24.8 Å². The van der Waals surface area contributed by atoms with Gasteiger partial charge in [-0.25, -0.2) is 4.98 Å². The highest BCUT2D eigenvalue weighted by atomic mass is 79.9. The van der Waals surface area contributed by atoms with Gasteiger partial charge in [0.25, 0.3) is 0 Å². The Morgan fingerprint density at radius 2 is 1.33 bits per heavy atom. The average molecular weight is 461 g/mol. The van der Waals surface area contributed by atoms with Crippen molar-refractivity contribution in [2.75, 3.05) is 0 Å². The lowest BCUT2D eigenvalue weighted by Gasteiger charge is -2.07. The van der Waals surface area contributed by atoms with E-state index in [1.54, 1.807) is 12.4 Å². The first kappa shape index (κ1) is 23.0. The number of nitrogens with zero attached hydrogens (tertiary/aromatic N) is 3. The molecule has 0 bridgehead atoms. The maximum Gasteiger partial charge on any atom is 0.418 e. The van der Waals surface area contributed by atoms with Crippen molar-refractivity contribution in [3.63, 3.8) is 0 Å². The zero-order valence-corrected chi connectivity index (χ0v) is 17.3. The second kappa shape index (κ2) is 11.0. The topological polar surface area (TPSA) is 38.7 Å². The summed E-state index contributed by atoms with van der Waals surface area (Å²) in [4.78, 5) is 11.5. The van der Waals surface area contributed by atoms with Crippen molar-refractivity contribution in [3.05, 3.63) is 87.1 Å². The van der Waals surface area contributed by atoms with E-state index < -0.39 is 11.7 Å². The normalized spacial score (nSPS) is 10.2. The summed E-state index contributed by atoms with van der Waals surface area (Å²) in [6.45, 7) is 5.22. The molecule has 0 saturated carbocycles. The van der Waals surface area contributed by atoms with E-state index in [2.05, 4.69) is 30.9 Å². The molecule has 0 radical (unpaired) electrons. The molecule has 3 rings (SSSR count). The molecule has 0 fully saturated rings. The molecule has 0 aliphatic carbocycles. The Labute approximate surface area is 169 Å². The number of alkyl halides is 3. The standard InChI is InChI=1S/C7H6F3N.C6H6BrN.C6H6ClN/c1-5-6(7(8,9)10)3-2-4-11-5;1-5-3-2-4-8-6(5)7;1-5-6(7)3-2-4-8-5/h2-4H,1H3;2*2-4H,1H3. The van der Waals surface area contributed by atoms with Crippen LogP contribution in [0.25, 0.3) is 0 Å². The van der Waals surface area contributed by atoms with E-state index in [1.807, 2.05) is 38.1 Å². The molecule has 3 heterocycles. The smallest absolute Gasteiger partial charge is 0.261 e. The number of hydrogen-bond acceptors (Lipinski definition) is 3. The largest absolute Gasteiger partial charge is 0.418 e. The number of halogens is 5. The Morgan fingerprint density at radius 3 is 1.67 bits per heavy atom. The highest BCUT2D eigenvalue weighted by molar-refractivity contribution is 9.10. The van der Waals surface area contributed by atoms with E-state index in [0.717, 1.165) is 21.4 Å². The summed E-state index contributed by atoms with van der Waals surface area (Å²) in [7, 11) is 0. The molecular formula is C19H18BrClF3N3. The van der Waals surface area contributed by atoms with Gasteiger partial charge >= 0.3 is 6.18 Å². The third kappa shape index (κ3) is 8.49. The van der Waals surface area contributed by atoms with Gasteiger partial charge in [0.05, 0.1) is 16.3 Å². The molecule has 0 spiro atoms. The first-order chi connectivity index (χ1) is 12.6. The van der Waals surface area contributed by atoms with Gasteiger partial charge in [0, 0.05) is 24.3 Å². The fourth-order valence-electron chi connectivity index (χ4n) is 1.71. The molecule has 0 saturated heterocycles. The molecule has 0 aliphatic heterocycles. The van der Waals surface area contributed by atoms with Crippen LogP contribution in [-0.4, -0.2) is 15.0 Å². The molecule has 0 aromatic carbocycles. The summed E-state index contributed by atoms with van der Waals surface area (Å²) in [5.41, 5.74) is 1.40. The monoisotopic (exact) mass is 459 g/mol. The molecule has 144 valence electrons. The second-order valence-electron chi connectivity index (χ2n) is 5.32. The van der Waals surface area contributed by atoms with Crippen LogP contribution in [0.15, 0.2) is 59.6 Å². The van der Waals surface area contributed by atoms with Crippen LogP contribution in [-0.2, 0) is 6.18 Å². The molecule has 27 heavy (non-hydrogen) atoms. The van der Waals surface area contributed by atoms with Crippen LogP contribution in [0.2, 0.25) is 5.02 Å². The summed E-state index contributed by atoms with van der Waals surface area (Å²) in [5, 5.41) is 0.729. The fourth-order valence-corrected chi connectivity index (χ4v) is 2.09. The number of aromatic nitrogens is 3. The van der Waals surface area contributed by atoms with Gasteiger partial charge in [-0.15, -0.1) is 0 Å². The molecule has 0 aliphatic rings. The lowest BCUT2D eigenvalue weighted by Crippen LogP contribution is -2.07. The van der Waals surface area contributed by atoms with Crippen molar-refractivity contribution < 1.29 is 13.2 Å². The van der Waals surface area contributed by atoms with Gasteiger partial charge in [0.2, 0.25) is 0 Å². The Hall–Kier alpha value is -1.99. The van der Waals surface area contributed by atoms with Crippen molar-refractivity contribution in [1.29, 1.82) is 0 Å². The van der Waals surface area contributed by atoms with Gasteiger partial charge in [0.1, 0.15) is 4.60 Å². The molecule has 8 heteroatoms. The van der Waals surface area contributed by atoms with Crippen LogP contribution in [0.5, 0.6) is 0 Å². The quantitative estimate of drug-likeness (QED) is 0.355. The SMILES string of the molecule is Cc1cccnc1Br.Cc1ncccc1C(F)(F)F.Cc1ncccc1Cl. The highest BCUT2D eigenvalue weighted by Gasteiger charge is 2.32. The molecule has 0 unspecified atom stereocenters. The number of rotatable bonds is 0.